The number of aromatic nitrogens is 2. The molecule has 1 aromatic heterocycles. The molecule has 0 saturated heterocycles. The summed E-state index contributed by atoms with van der Waals surface area (Å²) < 4.78 is 2.14. The first-order valence-corrected chi connectivity index (χ1v) is 9.77. The fourth-order valence-corrected chi connectivity index (χ4v) is 3.26. The van der Waals surface area contributed by atoms with Crippen LogP contribution in [0.2, 0.25) is 5.02 Å². The third-order valence-corrected chi connectivity index (χ3v) is 4.96. The molecule has 5 nitrogen and oxygen atoms in total. The highest BCUT2D eigenvalue weighted by Crippen LogP contribution is 2.14. The van der Waals surface area contributed by atoms with E-state index in [0.717, 1.165) is 41.9 Å². The topological polar surface area (TPSA) is 54.2 Å². The van der Waals surface area contributed by atoms with Crippen molar-refractivity contribution in [2.75, 3.05) is 13.6 Å². The minimum Gasteiger partial charge on any atom is -0.356 e. The van der Waals surface area contributed by atoms with Gasteiger partial charge in [-0.3, -0.25) is 4.99 Å². The molecule has 0 fully saturated rings. The van der Waals surface area contributed by atoms with E-state index in [-0.39, 0.29) is 0 Å². The van der Waals surface area contributed by atoms with Crippen molar-refractivity contribution in [3.63, 3.8) is 0 Å². The molecule has 2 aromatic carbocycles. The van der Waals surface area contributed by atoms with Gasteiger partial charge in [0.25, 0.3) is 0 Å². The molecule has 0 aliphatic carbocycles. The van der Waals surface area contributed by atoms with Crippen LogP contribution in [0.25, 0.3) is 0 Å². The summed E-state index contributed by atoms with van der Waals surface area (Å²) in [6.07, 6.45) is 4.68. The van der Waals surface area contributed by atoms with Crippen LogP contribution in [0.15, 0.2) is 65.9 Å². The van der Waals surface area contributed by atoms with Gasteiger partial charge in [0.1, 0.15) is 5.82 Å². The Hall–Kier alpha value is -2.79. The van der Waals surface area contributed by atoms with E-state index in [2.05, 4.69) is 49.4 Å². The van der Waals surface area contributed by atoms with Crippen LogP contribution < -0.4 is 10.6 Å². The SMILES string of the molecule is CN=C(NCCc1ccccc1Cl)NCc1cccc(Cn2ccnc2C)c1. The Morgan fingerprint density at radius 2 is 1.93 bits per heavy atom. The average molecular weight is 396 g/mol. The van der Waals surface area contributed by atoms with Crippen molar-refractivity contribution in [1.82, 2.24) is 20.2 Å². The molecule has 28 heavy (non-hydrogen) atoms. The molecule has 3 rings (SSSR count). The maximum absolute atomic E-state index is 6.21. The molecular weight excluding hydrogens is 370 g/mol. The van der Waals surface area contributed by atoms with Gasteiger partial charge in [0.2, 0.25) is 0 Å². The highest BCUT2D eigenvalue weighted by atomic mass is 35.5. The van der Waals surface area contributed by atoms with Gasteiger partial charge in [-0.1, -0.05) is 54.1 Å². The number of hydrogen-bond donors (Lipinski definition) is 2. The van der Waals surface area contributed by atoms with Gasteiger partial charge in [0, 0.05) is 44.1 Å². The molecule has 0 aliphatic heterocycles. The number of rotatable bonds is 7. The molecule has 0 bridgehead atoms. The molecule has 0 amide bonds. The highest BCUT2D eigenvalue weighted by Gasteiger charge is 2.03. The summed E-state index contributed by atoms with van der Waals surface area (Å²) in [4.78, 5) is 8.58. The third-order valence-electron chi connectivity index (χ3n) is 4.60. The Balaban J connectivity index is 1.50. The van der Waals surface area contributed by atoms with Gasteiger partial charge < -0.3 is 15.2 Å². The van der Waals surface area contributed by atoms with Crippen molar-refractivity contribution in [3.8, 4) is 0 Å². The molecule has 0 aliphatic rings. The number of benzene rings is 2. The van der Waals surface area contributed by atoms with E-state index in [1.54, 1.807) is 7.05 Å². The number of nitrogens with one attached hydrogen (secondary N) is 2. The Morgan fingerprint density at radius 1 is 1.11 bits per heavy atom. The van der Waals surface area contributed by atoms with Crippen LogP contribution in [0.1, 0.15) is 22.5 Å². The van der Waals surface area contributed by atoms with E-state index >= 15 is 0 Å². The summed E-state index contributed by atoms with van der Waals surface area (Å²) in [6, 6.07) is 16.5. The zero-order valence-electron chi connectivity index (χ0n) is 16.3. The zero-order valence-corrected chi connectivity index (χ0v) is 17.1. The minimum atomic E-state index is 0.711. The second-order valence-corrected chi connectivity index (χ2v) is 7.02. The van der Waals surface area contributed by atoms with Gasteiger partial charge in [-0.25, -0.2) is 4.98 Å². The third kappa shape index (κ3) is 5.60. The Kier molecular flexibility index (Phi) is 7.09. The first-order chi connectivity index (χ1) is 13.7. The molecule has 3 aromatic rings. The number of halogens is 1. The lowest BCUT2D eigenvalue weighted by atomic mass is 10.1. The fraction of sp³-hybridized carbons (Fsp3) is 0.273. The number of aliphatic imine (C=N–C) groups is 1. The number of hydrogen-bond acceptors (Lipinski definition) is 2. The fourth-order valence-electron chi connectivity index (χ4n) is 3.03. The van der Waals surface area contributed by atoms with Gasteiger partial charge in [-0.15, -0.1) is 0 Å². The maximum atomic E-state index is 6.21. The number of imidazole rings is 1. The van der Waals surface area contributed by atoms with Crippen LogP contribution in [0.4, 0.5) is 0 Å². The minimum absolute atomic E-state index is 0.711. The predicted octanol–water partition coefficient (Wildman–Crippen LogP) is 3.80. The summed E-state index contributed by atoms with van der Waals surface area (Å²) in [6.45, 7) is 4.32. The normalized spacial score (nSPS) is 11.5. The summed E-state index contributed by atoms with van der Waals surface area (Å²) in [5.41, 5.74) is 3.60. The van der Waals surface area contributed by atoms with E-state index in [4.69, 9.17) is 11.6 Å². The van der Waals surface area contributed by atoms with Gasteiger partial charge in [-0.2, -0.15) is 0 Å². The largest absolute Gasteiger partial charge is 0.356 e. The Morgan fingerprint density at radius 3 is 2.68 bits per heavy atom. The molecule has 146 valence electrons. The van der Waals surface area contributed by atoms with Crippen LogP contribution in [0.3, 0.4) is 0 Å². The Labute approximate surface area is 171 Å². The van der Waals surface area contributed by atoms with Gasteiger partial charge in [0.05, 0.1) is 0 Å². The molecule has 0 atom stereocenters. The van der Waals surface area contributed by atoms with Crippen LogP contribution in [-0.4, -0.2) is 29.1 Å². The van der Waals surface area contributed by atoms with E-state index in [1.165, 1.54) is 11.1 Å². The van der Waals surface area contributed by atoms with Crippen LogP contribution in [0, 0.1) is 6.92 Å². The monoisotopic (exact) mass is 395 g/mol. The smallest absolute Gasteiger partial charge is 0.191 e. The van der Waals surface area contributed by atoms with Gasteiger partial charge in [0.15, 0.2) is 5.96 Å². The molecule has 6 heteroatoms. The number of aryl methyl sites for hydroxylation is 1. The zero-order chi connectivity index (χ0) is 19.8. The second-order valence-electron chi connectivity index (χ2n) is 6.62. The average Bonchev–Trinajstić information content (AvgIpc) is 3.10. The standard InChI is InChI=1S/C22H26ClN5/c1-17-25-12-13-28(17)16-19-7-5-6-18(14-19)15-27-22(24-2)26-11-10-20-8-3-4-9-21(20)23/h3-9,12-14H,10-11,15-16H2,1-2H3,(H2,24,26,27). The summed E-state index contributed by atoms with van der Waals surface area (Å²) >= 11 is 6.21. The quantitative estimate of drug-likeness (QED) is 0.472. The van der Waals surface area contributed by atoms with Crippen LogP contribution in [0.5, 0.6) is 0 Å². The summed E-state index contributed by atoms with van der Waals surface area (Å²) in [5.74, 6) is 1.80. The van der Waals surface area contributed by atoms with Crippen molar-refractivity contribution in [1.29, 1.82) is 0 Å². The van der Waals surface area contributed by atoms with Gasteiger partial charge >= 0.3 is 0 Å². The molecule has 0 radical (unpaired) electrons. The van der Waals surface area contributed by atoms with E-state index in [1.807, 2.05) is 43.6 Å². The molecule has 0 spiro atoms. The number of nitrogens with zero attached hydrogens (tertiary/aromatic N) is 3. The number of guanidine groups is 1. The Bertz CT molecular complexity index is 932. The highest BCUT2D eigenvalue weighted by molar-refractivity contribution is 6.31. The molecule has 2 N–H and O–H groups in total. The first-order valence-electron chi connectivity index (χ1n) is 9.39. The summed E-state index contributed by atoms with van der Waals surface area (Å²) in [7, 11) is 1.78. The predicted molar refractivity (Wildman–Crippen MR) is 116 cm³/mol. The molecular formula is C22H26ClN5. The first kappa shape index (κ1) is 20.0. The van der Waals surface area contributed by atoms with Crippen molar-refractivity contribution >= 4 is 17.6 Å². The molecule has 0 unspecified atom stereocenters. The lowest BCUT2D eigenvalue weighted by Gasteiger charge is -2.13. The van der Waals surface area contributed by atoms with Gasteiger partial charge in [-0.05, 0) is 36.1 Å². The second kappa shape index (κ2) is 9.95. The summed E-state index contributed by atoms with van der Waals surface area (Å²) in [5, 5.41) is 7.52. The van der Waals surface area contributed by atoms with Crippen LogP contribution in [-0.2, 0) is 19.5 Å². The van der Waals surface area contributed by atoms with Crippen molar-refractivity contribution < 1.29 is 0 Å². The lowest BCUT2D eigenvalue weighted by Crippen LogP contribution is -2.37. The van der Waals surface area contributed by atoms with E-state index < -0.39 is 0 Å². The van der Waals surface area contributed by atoms with Crippen molar-refractivity contribution in [3.05, 3.63) is 88.5 Å². The van der Waals surface area contributed by atoms with Crippen LogP contribution >= 0.6 is 11.6 Å². The lowest BCUT2D eigenvalue weighted by molar-refractivity contribution is 0.757. The van der Waals surface area contributed by atoms with E-state index in [9.17, 15) is 0 Å². The van der Waals surface area contributed by atoms with Crippen molar-refractivity contribution in [2.24, 2.45) is 4.99 Å². The van der Waals surface area contributed by atoms with Crippen molar-refractivity contribution in [2.45, 2.75) is 26.4 Å². The maximum Gasteiger partial charge on any atom is 0.191 e. The molecule has 0 saturated carbocycles. The molecule has 1 heterocycles. The van der Waals surface area contributed by atoms with E-state index in [0.29, 0.717) is 6.54 Å².